The van der Waals surface area contributed by atoms with Crippen LogP contribution >= 0.6 is 22.9 Å². The molecule has 0 saturated carbocycles. The van der Waals surface area contributed by atoms with Gasteiger partial charge in [-0.05, 0) is 19.4 Å². The van der Waals surface area contributed by atoms with Crippen molar-refractivity contribution in [3.8, 4) is 0 Å². The maximum absolute atomic E-state index is 10.9. The highest BCUT2D eigenvalue weighted by molar-refractivity contribution is 7.09. The second kappa shape index (κ2) is 7.04. The number of halogens is 1. The molecule has 0 atom stereocenters. The van der Waals surface area contributed by atoms with Crippen LogP contribution < -0.4 is 4.90 Å². The van der Waals surface area contributed by atoms with Crippen LogP contribution in [0.25, 0.3) is 0 Å². The number of benzene rings is 1. The van der Waals surface area contributed by atoms with Crippen LogP contribution in [0.15, 0.2) is 17.5 Å². The molecular weight excluding hydrogens is 348 g/mol. The van der Waals surface area contributed by atoms with E-state index in [0.717, 1.165) is 54.7 Å². The molecule has 1 aromatic heterocycles. The fraction of sp³-hybridized carbons (Fsp3) is 0.438. The minimum Gasteiger partial charge on any atom is -0.368 e. The van der Waals surface area contributed by atoms with Gasteiger partial charge in [-0.3, -0.25) is 15.0 Å². The van der Waals surface area contributed by atoms with Crippen LogP contribution in [0.4, 0.5) is 11.4 Å². The van der Waals surface area contributed by atoms with E-state index in [1.165, 1.54) is 6.07 Å². The fourth-order valence-electron chi connectivity index (χ4n) is 3.06. The number of hydrogen-bond donors (Lipinski definition) is 0. The molecule has 8 heteroatoms. The molecular formula is C16H19ClN4O2S. The summed E-state index contributed by atoms with van der Waals surface area (Å²) in [6.45, 7) is 8.30. The zero-order chi connectivity index (χ0) is 17.3. The number of hydrogen-bond acceptors (Lipinski definition) is 6. The van der Waals surface area contributed by atoms with Crippen molar-refractivity contribution < 1.29 is 4.92 Å². The Kier molecular flexibility index (Phi) is 5.03. The number of nitro benzene ring substituents is 1. The summed E-state index contributed by atoms with van der Waals surface area (Å²) in [6.07, 6.45) is 0. The Hall–Kier alpha value is -1.70. The average molecular weight is 367 g/mol. The van der Waals surface area contributed by atoms with Gasteiger partial charge >= 0.3 is 0 Å². The third-order valence-electron chi connectivity index (χ3n) is 4.19. The van der Waals surface area contributed by atoms with Gasteiger partial charge in [-0.2, -0.15) is 0 Å². The van der Waals surface area contributed by atoms with Crippen molar-refractivity contribution in [3.63, 3.8) is 0 Å². The van der Waals surface area contributed by atoms with Gasteiger partial charge in [0, 0.05) is 50.2 Å². The molecule has 6 nitrogen and oxygen atoms in total. The van der Waals surface area contributed by atoms with Crippen molar-refractivity contribution in [1.29, 1.82) is 0 Å². The van der Waals surface area contributed by atoms with Gasteiger partial charge in [0.05, 0.1) is 26.3 Å². The van der Waals surface area contributed by atoms with Gasteiger partial charge in [-0.25, -0.2) is 4.98 Å². The molecule has 0 spiro atoms. The lowest BCUT2D eigenvalue weighted by Gasteiger charge is -2.36. The fourth-order valence-corrected chi connectivity index (χ4v) is 4.05. The molecule has 1 aliphatic heterocycles. The second-order valence-electron chi connectivity index (χ2n) is 5.97. The van der Waals surface area contributed by atoms with Crippen LogP contribution in [-0.4, -0.2) is 41.0 Å². The predicted octanol–water partition coefficient (Wildman–Crippen LogP) is 3.64. The number of non-ortho nitro benzene ring substituents is 1. The summed E-state index contributed by atoms with van der Waals surface area (Å²) in [5, 5.41) is 14.6. The van der Waals surface area contributed by atoms with Gasteiger partial charge in [-0.1, -0.05) is 11.6 Å². The average Bonchev–Trinajstić information content (AvgIpc) is 2.93. The van der Waals surface area contributed by atoms with Crippen molar-refractivity contribution in [3.05, 3.63) is 48.9 Å². The minimum absolute atomic E-state index is 0.0405. The van der Waals surface area contributed by atoms with E-state index in [9.17, 15) is 10.1 Å². The van der Waals surface area contributed by atoms with Crippen LogP contribution in [0.5, 0.6) is 0 Å². The normalized spacial score (nSPS) is 15.7. The number of aromatic nitrogens is 1. The molecule has 0 radical (unpaired) electrons. The largest absolute Gasteiger partial charge is 0.368 e. The third kappa shape index (κ3) is 3.68. The lowest BCUT2D eigenvalue weighted by molar-refractivity contribution is -0.384. The van der Waals surface area contributed by atoms with Crippen molar-refractivity contribution >= 4 is 34.3 Å². The molecule has 0 unspecified atom stereocenters. The summed E-state index contributed by atoms with van der Waals surface area (Å²) < 4.78 is 0. The molecule has 1 aromatic carbocycles. The quantitative estimate of drug-likeness (QED) is 0.610. The minimum atomic E-state index is -0.406. The molecule has 0 N–H and O–H groups in total. The topological polar surface area (TPSA) is 62.5 Å². The van der Waals surface area contributed by atoms with Crippen LogP contribution in [0.3, 0.4) is 0 Å². The van der Waals surface area contributed by atoms with E-state index >= 15 is 0 Å². The Labute approximate surface area is 149 Å². The number of thiazole rings is 1. The zero-order valence-electron chi connectivity index (χ0n) is 13.7. The molecule has 1 aliphatic rings. The van der Waals surface area contributed by atoms with Gasteiger partial charge in [0.2, 0.25) is 0 Å². The first-order valence-electron chi connectivity index (χ1n) is 7.77. The zero-order valence-corrected chi connectivity index (χ0v) is 15.2. The molecule has 1 saturated heterocycles. The van der Waals surface area contributed by atoms with Gasteiger partial charge in [0.1, 0.15) is 0 Å². The van der Waals surface area contributed by atoms with Gasteiger partial charge in [0.15, 0.2) is 0 Å². The Balaban J connectivity index is 1.67. The van der Waals surface area contributed by atoms with E-state index in [0.29, 0.717) is 5.02 Å². The van der Waals surface area contributed by atoms with Crippen LogP contribution in [0.1, 0.15) is 16.3 Å². The van der Waals surface area contributed by atoms with E-state index in [4.69, 9.17) is 11.6 Å². The van der Waals surface area contributed by atoms with Gasteiger partial charge < -0.3 is 4.90 Å². The Bertz CT molecular complexity index is 733. The number of rotatable bonds is 4. The van der Waals surface area contributed by atoms with E-state index in [1.54, 1.807) is 17.4 Å². The number of aryl methyl sites for hydroxylation is 2. The summed E-state index contributed by atoms with van der Waals surface area (Å²) in [5.41, 5.74) is 2.92. The highest BCUT2D eigenvalue weighted by atomic mass is 35.5. The Morgan fingerprint density at radius 3 is 2.54 bits per heavy atom. The molecule has 0 amide bonds. The molecule has 0 bridgehead atoms. The molecule has 1 fully saturated rings. The molecule has 3 rings (SSSR count). The monoisotopic (exact) mass is 366 g/mol. The lowest BCUT2D eigenvalue weighted by atomic mass is 10.1. The number of nitro groups is 1. The summed E-state index contributed by atoms with van der Waals surface area (Å²) in [7, 11) is 0. The standard InChI is InChI=1S/C16H19ClN4O2S/c1-11-7-14(21(22)23)8-15(17)16(11)20-5-3-19(4-6-20)9-13-10-24-12(2)18-13/h7-8,10H,3-6,9H2,1-2H3. The van der Waals surface area contributed by atoms with E-state index in [-0.39, 0.29) is 5.69 Å². The predicted molar refractivity (Wildman–Crippen MR) is 97.2 cm³/mol. The first-order valence-corrected chi connectivity index (χ1v) is 9.02. The molecule has 24 heavy (non-hydrogen) atoms. The number of nitrogens with zero attached hydrogens (tertiary/aromatic N) is 4. The Morgan fingerprint density at radius 1 is 1.29 bits per heavy atom. The number of piperazine rings is 1. The molecule has 0 aliphatic carbocycles. The summed E-state index contributed by atoms with van der Waals surface area (Å²) in [6, 6.07) is 3.03. The van der Waals surface area contributed by atoms with Crippen molar-refractivity contribution in [2.75, 3.05) is 31.1 Å². The van der Waals surface area contributed by atoms with E-state index in [2.05, 4.69) is 20.2 Å². The summed E-state index contributed by atoms with van der Waals surface area (Å²) >= 11 is 7.99. The summed E-state index contributed by atoms with van der Waals surface area (Å²) in [5.74, 6) is 0. The molecule has 2 aromatic rings. The smallest absolute Gasteiger partial charge is 0.271 e. The summed E-state index contributed by atoms with van der Waals surface area (Å²) in [4.78, 5) is 19.6. The first-order chi connectivity index (χ1) is 11.4. The maximum Gasteiger partial charge on any atom is 0.271 e. The van der Waals surface area contributed by atoms with Crippen molar-refractivity contribution in [2.45, 2.75) is 20.4 Å². The lowest BCUT2D eigenvalue weighted by Crippen LogP contribution is -2.46. The van der Waals surface area contributed by atoms with Gasteiger partial charge in [-0.15, -0.1) is 11.3 Å². The Morgan fingerprint density at radius 2 is 2.00 bits per heavy atom. The highest BCUT2D eigenvalue weighted by Gasteiger charge is 2.23. The van der Waals surface area contributed by atoms with Gasteiger partial charge in [0.25, 0.3) is 5.69 Å². The van der Waals surface area contributed by atoms with Crippen molar-refractivity contribution in [2.24, 2.45) is 0 Å². The van der Waals surface area contributed by atoms with Crippen molar-refractivity contribution in [1.82, 2.24) is 9.88 Å². The molecule has 128 valence electrons. The highest BCUT2D eigenvalue weighted by Crippen LogP contribution is 2.34. The van der Waals surface area contributed by atoms with Crippen LogP contribution in [0.2, 0.25) is 5.02 Å². The van der Waals surface area contributed by atoms with E-state index < -0.39 is 4.92 Å². The SMILES string of the molecule is Cc1nc(CN2CCN(c3c(C)cc([N+](=O)[O-])cc3Cl)CC2)cs1. The number of anilines is 1. The van der Waals surface area contributed by atoms with E-state index in [1.807, 2.05) is 13.8 Å². The second-order valence-corrected chi connectivity index (χ2v) is 7.44. The third-order valence-corrected chi connectivity index (χ3v) is 5.30. The van der Waals surface area contributed by atoms with Crippen LogP contribution in [0, 0.1) is 24.0 Å². The first kappa shape index (κ1) is 17.1. The maximum atomic E-state index is 10.9. The molecule has 2 heterocycles. The van der Waals surface area contributed by atoms with Crippen LogP contribution in [-0.2, 0) is 6.54 Å².